The van der Waals surface area contributed by atoms with Crippen LogP contribution in [0.3, 0.4) is 0 Å². The number of rotatable bonds is 2. The van der Waals surface area contributed by atoms with E-state index in [0.717, 1.165) is 26.2 Å². The summed E-state index contributed by atoms with van der Waals surface area (Å²) in [7, 11) is 0. The van der Waals surface area contributed by atoms with Gasteiger partial charge in [0.15, 0.2) is 0 Å². The summed E-state index contributed by atoms with van der Waals surface area (Å²) in [6.07, 6.45) is 6.39. The Morgan fingerprint density at radius 2 is 1.88 bits per heavy atom. The van der Waals surface area contributed by atoms with E-state index in [9.17, 15) is 0 Å². The molecule has 3 nitrogen and oxygen atoms in total. The first-order valence-electron chi connectivity index (χ1n) is 6.64. The maximum Gasteiger partial charge on any atom is 0.0753 e. The van der Waals surface area contributed by atoms with E-state index < -0.39 is 0 Å². The molecule has 0 radical (unpaired) electrons. The number of morpholine rings is 1. The molecular weight excluding hydrogens is 200 g/mol. The molecule has 0 amide bonds. The Morgan fingerprint density at radius 1 is 1.19 bits per heavy atom. The van der Waals surface area contributed by atoms with E-state index in [1.807, 2.05) is 0 Å². The lowest BCUT2D eigenvalue weighted by Gasteiger charge is -2.43. The van der Waals surface area contributed by atoms with E-state index in [-0.39, 0.29) is 11.1 Å². The molecule has 0 bridgehead atoms. The summed E-state index contributed by atoms with van der Waals surface area (Å²) in [4.78, 5) is 2.49. The molecule has 3 heteroatoms. The molecule has 0 aromatic carbocycles. The molecule has 0 spiro atoms. The Hall–Kier alpha value is -0.120. The van der Waals surface area contributed by atoms with E-state index in [1.165, 1.54) is 32.1 Å². The molecule has 16 heavy (non-hydrogen) atoms. The van der Waals surface area contributed by atoms with Gasteiger partial charge in [0.1, 0.15) is 0 Å². The molecular formula is C13H26N2O. The van der Waals surface area contributed by atoms with Gasteiger partial charge in [-0.2, -0.15) is 0 Å². The van der Waals surface area contributed by atoms with Crippen LogP contribution in [-0.2, 0) is 4.74 Å². The molecule has 1 aliphatic heterocycles. The van der Waals surface area contributed by atoms with Gasteiger partial charge in [0.25, 0.3) is 0 Å². The second kappa shape index (κ2) is 4.63. The SMILES string of the molecule is CC1(C)CN(CC2(N)CCCCC2)CCO1. The van der Waals surface area contributed by atoms with Crippen LogP contribution in [0.25, 0.3) is 0 Å². The van der Waals surface area contributed by atoms with Crippen LogP contribution in [-0.4, -0.2) is 42.3 Å². The Balaban J connectivity index is 1.88. The van der Waals surface area contributed by atoms with E-state index in [0.29, 0.717) is 0 Å². The van der Waals surface area contributed by atoms with Gasteiger partial charge in [0, 0.05) is 25.2 Å². The van der Waals surface area contributed by atoms with Crippen LogP contribution in [0.15, 0.2) is 0 Å². The number of nitrogens with zero attached hydrogens (tertiary/aromatic N) is 1. The van der Waals surface area contributed by atoms with Gasteiger partial charge in [-0.25, -0.2) is 0 Å². The Morgan fingerprint density at radius 3 is 2.50 bits per heavy atom. The average molecular weight is 226 g/mol. The van der Waals surface area contributed by atoms with E-state index in [2.05, 4.69) is 18.7 Å². The first-order chi connectivity index (χ1) is 7.49. The molecule has 94 valence electrons. The first kappa shape index (κ1) is 12.3. The van der Waals surface area contributed by atoms with Crippen molar-refractivity contribution in [1.29, 1.82) is 0 Å². The molecule has 1 saturated heterocycles. The standard InChI is InChI=1S/C13H26N2O/c1-12(2)10-15(8-9-16-12)11-13(14)6-4-3-5-7-13/h3-11,14H2,1-2H3. The minimum Gasteiger partial charge on any atom is -0.373 e. The van der Waals surface area contributed by atoms with E-state index in [1.54, 1.807) is 0 Å². The molecule has 2 fully saturated rings. The van der Waals surface area contributed by atoms with Crippen LogP contribution >= 0.6 is 0 Å². The van der Waals surface area contributed by atoms with Crippen LogP contribution in [0.4, 0.5) is 0 Å². The molecule has 0 aromatic heterocycles. The van der Waals surface area contributed by atoms with Crippen molar-refractivity contribution in [1.82, 2.24) is 4.90 Å². The average Bonchev–Trinajstić information content (AvgIpc) is 2.16. The maximum atomic E-state index is 6.50. The summed E-state index contributed by atoms with van der Waals surface area (Å²) in [6, 6.07) is 0. The lowest BCUT2D eigenvalue weighted by molar-refractivity contribution is -0.0911. The van der Waals surface area contributed by atoms with Gasteiger partial charge >= 0.3 is 0 Å². The van der Waals surface area contributed by atoms with Crippen LogP contribution in [0.1, 0.15) is 46.0 Å². The third-order valence-corrected chi connectivity index (χ3v) is 3.89. The zero-order valence-electron chi connectivity index (χ0n) is 10.8. The van der Waals surface area contributed by atoms with Gasteiger partial charge < -0.3 is 10.5 Å². The van der Waals surface area contributed by atoms with Gasteiger partial charge in [-0.1, -0.05) is 19.3 Å². The summed E-state index contributed by atoms with van der Waals surface area (Å²) in [5.41, 5.74) is 6.57. The second-order valence-electron chi connectivity index (χ2n) is 6.24. The third-order valence-electron chi connectivity index (χ3n) is 3.89. The Kier molecular flexibility index (Phi) is 3.57. The van der Waals surface area contributed by atoms with Crippen molar-refractivity contribution in [2.24, 2.45) is 5.73 Å². The van der Waals surface area contributed by atoms with Gasteiger partial charge in [-0.05, 0) is 26.7 Å². The normalized spacial score (nSPS) is 30.2. The smallest absolute Gasteiger partial charge is 0.0753 e. The van der Waals surface area contributed by atoms with E-state index in [4.69, 9.17) is 10.5 Å². The fourth-order valence-corrected chi connectivity index (χ4v) is 3.11. The highest BCUT2D eigenvalue weighted by atomic mass is 16.5. The third kappa shape index (κ3) is 3.19. The summed E-state index contributed by atoms with van der Waals surface area (Å²) in [5, 5.41) is 0. The molecule has 2 N–H and O–H groups in total. The largest absolute Gasteiger partial charge is 0.373 e. The van der Waals surface area contributed by atoms with Gasteiger partial charge in [0.05, 0.1) is 12.2 Å². The highest BCUT2D eigenvalue weighted by molar-refractivity contribution is 4.92. The minimum atomic E-state index is 0.00325. The van der Waals surface area contributed by atoms with Gasteiger partial charge in [0.2, 0.25) is 0 Å². The molecule has 1 aliphatic carbocycles. The fraction of sp³-hybridized carbons (Fsp3) is 1.00. The van der Waals surface area contributed by atoms with Crippen LogP contribution in [0.5, 0.6) is 0 Å². The van der Waals surface area contributed by atoms with Crippen molar-refractivity contribution in [3.8, 4) is 0 Å². The quantitative estimate of drug-likeness (QED) is 0.780. The highest BCUT2D eigenvalue weighted by Crippen LogP contribution is 2.28. The Labute approximate surface area is 99.3 Å². The topological polar surface area (TPSA) is 38.5 Å². The number of hydrogen-bond donors (Lipinski definition) is 1. The maximum absolute atomic E-state index is 6.50. The summed E-state index contributed by atoms with van der Waals surface area (Å²) in [5.74, 6) is 0. The monoisotopic (exact) mass is 226 g/mol. The zero-order valence-corrected chi connectivity index (χ0v) is 10.8. The fourth-order valence-electron chi connectivity index (χ4n) is 3.11. The first-order valence-corrected chi connectivity index (χ1v) is 6.64. The van der Waals surface area contributed by atoms with Crippen molar-refractivity contribution in [2.75, 3.05) is 26.2 Å². The number of hydrogen-bond acceptors (Lipinski definition) is 3. The molecule has 0 unspecified atom stereocenters. The summed E-state index contributed by atoms with van der Waals surface area (Å²) in [6.45, 7) is 8.31. The van der Waals surface area contributed by atoms with Crippen LogP contribution in [0.2, 0.25) is 0 Å². The molecule has 2 aliphatic rings. The van der Waals surface area contributed by atoms with Crippen molar-refractivity contribution in [3.63, 3.8) is 0 Å². The lowest BCUT2D eigenvalue weighted by atomic mass is 9.82. The van der Waals surface area contributed by atoms with Crippen LogP contribution < -0.4 is 5.73 Å². The predicted molar refractivity (Wildman–Crippen MR) is 66.5 cm³/mol. The Bertz CT molecular complexity index is 234. The van der Waals surface area contributed by atoms with Crippen molar-refractivity contribution in [3.05, 3.63) is 0 Å². The van der Waals surface area contributed by atoms with Crippen molar-refractivity contribution in [2.45, 2.75) is 57.1 Å². The van der Waals surface area contributed by atoms with E-state index >= 15 is 0 Å². The minimum absolute atomic E-state index is 0.00325. The number of nitrogens with two attached hydrogens (primary N) is 1. The second-order valence-corrected chi connectivity index (χ2v) is 6.24. The molecule has 1 saturated carbocycles. The van der Waals surface area contributed by atoms with Crippen LogP contribution in [0, 0.1) is 0 Å². The van der Waals surface area contributed by atoms with Gasteiger partial charge in [-0.15, -0.1) is 0 Å². The zero-order chi connectivity index (χ0) is 11.6. The predicted octanol–water partition coefficient (Wildman–Crippen LogP) is 1.76. The molecule has 1 heterocycles. The van der Waals surface area contributed by atoms with Crippen molar-refractivity contribution < 1.29 is 4.74 Å². The highest BCUT2D eigenvalue weighted by Gasteiger charge is 2.34. The molecule has 0 aromatic rings. The summed E-state index contributed by atoms with van der Waals surface area (Å²) >= 11 is 0. The van der Waals surface area contributed by atoms with Crippen molar-refractivity contribution >= 4 is 0 Å². The van der Waals surface area contributed by atoms with Gasteiger partial charge in [-0.3, -0.25) is 4.90 Å². The molecule has 0 atom stereocenters. The number of ether oxygens (including phenoxy) is 1. The lowest BCUT2D eigenvalue weighted by Crippen LogP contribution is -2.57. The molecule has 2 rings (SSSR count). The summed E-state index contributed by atoms with van der Waals surface area (Å²) < 4.78 is 5.74.